The van der Waals surface area contributed by atoms with E-state index in [4.69, 9.17) is 0 Å². The molecular formula is C4H5F5O. The van der Waals surface area contributed by atoms with Crippen LogP contribution in [-0.2, 0) is 4.74 Å². The smallest absolute Gasteiger partial charge is 0.378 e. The van der Waals surface area contributed by atoms with Gasteiger partial charge in [-0.3, -0.25) is 0 Å². The molecule has 0 fully saturated rings. The van der Waals surface area contributed by atoms with Crippen molar-refractivity contribution in [2.24, 2.45) is 0 Å². The first kappa shape index (κ1) is 9.61. The average molecular weight is 164 g/mol. The summed E-state index contributed by atoms with van der Waals surface area (Å²) in [5.41, 5.74) is 0. The van der Waals surface area contributed by atoms with Gasteiger partial charge in [-0.05, 0) is 0 Å². The zero-order valence-electron chi connectivity index (χ0n) is 5.01. The third-order valence-electron chi connectivity index (χ3n) is 0.740. The predicted molar refractivity (Wildman–Crippen MR) is 22.9 cm³/mol. The van der Waals surface area contributed by atoms with Gasteiger partial charge in [-0.1, -0.05) is 0 Å². The Labute approximate surface area is 53.8 Å². The average Bonchev–Trinajstić information content (AvgIpc) is 1.61. The zero-order chi connectivity index (χ0) is 8.41. The molecule has 0 unspecified atom stereocenters. The van der Waals surface area contributed by atoms with Gasteiger partial charge in [0, 0.05) is 7.11 Å². The molecule has 0 heterocycles. The summed E-state index contributed by atoms with van der Waals surface area (Å²) in [4.78, 5) is 0. The SMILES string of the molecule is COCC(F)(F)C(F)(F)F. The number of ether oxygens (including phenoxy) is 1. The number of alkyl halides is 5. The van der Waals surface area contributed by atoms with E-state index in [9.17, 15) is 22.0 Å². The normalized spacial score (nSPS) is 13.8. The lowest BCUT2D eigenvalue weighted by atomic mass is 10.3. The lowest BCUT2D eigenvalue weighted by Crippen LogP contribution is -2.40. The summed E-state index contributed by atoms with van der Waals surface area (Å²) in [6.45, 7) is -1.63. The third-order valence-corrected chi connectivity index (χ3v) is 0.740. The van der Waals surface area contributed by atoms with E-state index < -0.39 is 18.7 Å². The Kier molecular flexibility index (Phi) is 2.59. The second kappa shape index (κ2) is 2.69. The molecule has 0 N–H and O–H groups in total. The van der Waals surface area contributed by atoms with Crippen LogP contribution in [0.5, 0.6) is 0 Å². The summed E-state index contributed by atoms with van der Waals surface area (Å²) in [6, 6.07) is 0. The Balaban J connectivity index is 4.10. The molecule has 0 saturated carbocycles. The zero-order valence-corrected chi connectivity index (χ0v) is 5.01. The van der Waals surface area contributed by atoms with Crippen molar-refractivity contribution in [1.29, 1.82) is 0 Å². The highest BCUT2D eigenvalue weighted by atomic mass is 19.4. The van der Waals surface area contributed by atoms with E-state index in [0.29, 0.717) is 0 Å². The number of halogens is 5. The summed E-state index contributed by atoms with van der Waals surface area (Å²) in [5, 5.41) is 0. The Morgan fingerprint density at radius 1 is 1.10 bits per heavy atom. The summed E-state index contributed by atoms with van der Waals surface area (Å²) >= 11 is 0. The van der Waals surface area contributed by atoms with Crippen molar-refractivity contribution < 1.29 is 26.7 Å². The summed E-state index contributed by atoms with van der Waals surface area (Å²) in [5.74, 6) is -4.73. The van der Waals surface area contributed by atoms with E-state index in [2.05, 4.69) is 4.74 Å². The van der Waals surface area contributed by atoms with E-state index in [0.717, 1.165) is 7.11 Å². The van der Waals surface area contributed by atoms with Crippen molar-refractivity contribution in [3.63, 3.8) is 0 Å². The molecule has 0 spiro atoms. The molecule has 0 aromatic carbocycles. The molecule has 1 nitrogen and oxygen atoms in total. The molecule has 0 rings (SSSR count). The van der Waals surface area contributed by atoms with Crippen LogP contribution in [0.2, 0.25) is 0 Å². The van der Waals surface area contributed by atoms with E-state index in [1.165, 1.54) is 0 Å². The molecule has 6 heteroatoms. The molecule has 0 aliphatic heterocycles. The Morgan fingerprint density at radius 2 is 1.50 bits per heavy atom. The first-order valence-corrected chi connectivity index (χ1v) is 2.25. The molecule has 10 heavy (non-hydrogen) atoms. The highest BCUT2D eigenvalue weighted by Crippen LogP contribution is 2.35. The highest BCUT2D eigenvalue weighted by molar-refractivity contribution is 4.74. The van der Waals surface area contributed by atoms with Crippen LogP contribution in [-0.4, -0.2) is 25.8 Å². The number of hydrogen-bond donors (Lipinski definition) is 0. The van der Waals surface area contributed by atoms with Crippen LogP contribution in [0.25, 0.3) is 0 Å². The third kappa shape index (κ3) is 2.09. The van der Waals surface area contributed by atoms with E-state index in [-0.39, 0.29) is 0 Å². The molecule has 0 bridgehead atoms. The minimum atomic E-state index is -5.51. The summed E-state index contributed by atoms with van der Waals surface area (Å²) in [7, 11) is 0.777. The van der Waals surface area contributed by atoms with Gasteiger partial charge < -0.3 is 4.74 Å². The maximum atomic E-state index is 11.7. The second-order valence-corrected chi connectivity index (χ2v) is 1.64. The van der Waals surface area contributed by atoms with Crippen molar-refractivity contribution in [2.45, 2.75) is 12.1 Å². The van der Waals surface area contributed by atoms with Gasteiger partial charge in [-0.25, -0.2) is 0 Å². The van der Waals surface area contributed by atoms with Gasteiger partial charge >= 0.3 is 12.1 Å². The van der Waals surface area contributed by atoms with Crippen molar-refractivity contribution in [1.82, 2.24) is 0 Å². The van der Waals surface area contributed by atoms with E-state index in [1.54, 1.807) is 0 Å². The maximum Gasteiger partial charge on any atom is 0.455 e. The van der Waals surface area contributed by atoms with Crippen LogP contribution >= 0.6 is 0 Å². The molecule has 0 radical (unpaired) electrons. The fourth-order valence-corrected chi connectivity index (χ4v) is 0.263. The van der Waals surface area contributed by atoms with Crippen molar-refractivity contribution >= 4 is 0 Å². The van der Waals surface area contributed by atoms with Crippen LogP contribution in [0.15, 0.2) is 0 Å². The van der Waals surface area contributed by atoms with Gasteiger partial charge in [-0.2, -0.15) is 22.0 Å². The van der Waals surface area contributed by atoms with Crippen LogP contribution in [0, 0.1) is 0 Å². The highest BCUT2D eigenvalue weighted by Gasteiger charge is 2.57. The van der Waals surface area contributed by atoms with Crippen LogP contribution in [0.3, 0.4) is 0 Å². The molecule has 0 aliphatic carbocycles. The fourth-order valence-electron chi connectivity index (χ4n) is 0.263. The second-order valence-electron chi connectivity index (χ2n) is 1.64. The molecule has 0 amide bonds. The molecular weight excluding hydrogens is 159 g/mol. The molecule has 0 saturated heterocycles. The number of rotatable bonds is 2. The van der Waals surface area contributed by atoms with E-state index in [1.807, 2.05) is 0 Å². The Hall–Kier alpha value is -0.390. The topological polar surface area (TPSA) is 9.23 Å². The number of hydrogen-bond acceptors (Lipinski definition) is 1. The quantitative estimate of drug-likeness (QED) is 0.565. The largest absolute Gasteiger partial charge is 0.455 e. The molecule has 0 aromatic rings. The monoisotopic (exact) mass is 164 g/mol. The summed E-state index contributed by atoms with van der Waals surface area (Å²) < 4.78 is 60.6. The fraction of sp³-hybridized carbons (Fsp3) is 1.00. The minimum Gasteiger partial charge on any atom is -0.378 e. The van der Waals surface area contributed by atoms with Crippen molar-refractivity contribution in [2.75, 3.05) is 13.7 Å². The molecule has 62 valence electrons. The van der Waals surface area contributed by atoms with Crippen LogP contribution in [0.4, 0.5) is 22.0 Å². The molecule has 0 atom stereocenters. The maximum absolute atomic E-state index is 11.7. The predicted octanol–water partition coefficient (Wildman–Crippen LogP) is 1.83. The van der Waals surface area contributed by atoms with Gasteiger partial charge in [0.05, 0.1) is 0 Å². The van der Waals surface area contributed by atoms with Gasteiger partial charge in [0.2, 0.25) is 0 Å². The lowest BCUT2D eigenvalue weighted by molar-refractivity contribution is -0.294. The first-order chi connectivity index (χ1) is 4.31. The van der Waals surface area contributed by atoms with Gasteiger partial charge in [-0.15, -0.1) is 0 Å². The van der Waals surface area contributed by atoms with Gasteiger partial charge in [0.1, 0.15) is 6.61 Å². The van der Waals surface area contributed by atoms with Crippen molar-refractivity contribution in [3.05, 3.63) is 0 Å². The van der Waals surface area contributed by atoms with E-state index >= 15 is 0 Å². The number of methoxy groups -OCH3 is 1. The van der Waals surface area contributed by atoms with Gasteiger partial charge in [0.25, 0.3) is 0 Å². The van der Waals surface area contributed by atoms with Crippen molar-refractivity contribution in [3.8, 4) is 0 Å². The Morgan fingerprint density at radius 3 is 1.60 bits per heavy atom. The van der Waals surface area contributed by atoms with Gasteiger partial charge in [0.15, 0.2) is 0 Å². The minimum absolute atomic E-state index is 0.777. The van der Waals surface area contributed by atoms with Crippen LogP contribution in [0.1, 0.15) is 0 Å². The summed E-state index contributed by atoms with van der Waals surface area (Å²) in [6.07, 6.45) is -5.51. The standard InChI is InChI=1S/C4H5F5O/c1-10-2-3(5,6)4(7,8)9/h2H2,1H3. The molecule has 0 aromatic heterocycles. The van der Waals surface area contributed by atoms with Crippen LogP contribution < -0.4 is 0 Å². The lowest BCUT2D eigenvalue weighted by Gasteiger charge is -2.17. The Bertz CT molecular complexity index is 107. The first-order valence-electron chi connectivity index (χ1n) is 2.25. The molecule has 0 aliphatic rings.